The summed E-state index contributed by atoms with van der Waals surface area (Å²) >= 11 is 0. The molecule has 0 bridgehead atoms. The second kappa shape index (κ2) is 6.23. The number of nitrogens with one attached hydrogen (secondary N) is 2. The van der Waals surface area contributed by atoms with Crippen LogP contribution in [0.2, 0.25) is 0 Å². The predicted octanol–water partition coefficient (Wildman–Crippen LogP) is 1.09. The van der Waals surface area contributed by atoms with E-state index in [1.807, 2.05) is 0 Å². The summed E-state index contributed by atoms with van der Waals surface area (Å²) in [6.45, 7) is 4.07. The Labute approximate surface area is 113 Å². The van der Waals surface area contributed by atoms with Crippen molar-refractivity contribution in [1.29, 1.82) is 0 Å². The number of aliphatic carboxylic acids is 1. The number of carbonyl (C=O) groups excluding carboxylic acids is 1. The van der Waals surface area contributed by atoms with E-state index < -0.39 is 18.0 Å². The number of urea groups is 1. The van der Waals surface area contributed by atoms with E-state index in [1.165, 1.54) is 13.3 Å². The quantitative estimate of drug-likeness (QED) is 0.557. The molecule has 6 heteroatoms. The number of hydrogen-bond donors (Lipinski definition) is 4. The van der Waals surface area contributed by atoms with Gasteiger partial charge in [0.05, 0.1) is 12.0 Å². The Morgan fingerprint density at radius 2 is 1.95 bits per heavy atom. The molecule has 1 unspecified atom stereocenters. The largest absolute Gasteiger partial charge is 0.481 e. The van der Waals surface area contributed by atoms with Crippen molar-refractivity contribution in [2.45, 2.75) is 51.6 Å². The molecule has 1 saturated carbocycles. The zero-order chi connectivity index (χ0) is 14.5. The van der Waals surface area contributed by atoms with Crippen LogP contribution < -0.4 is 10.6 Å². The van der Waals surface area contributed by atoms with Gasteiger partial charge in [-0.05, 0) is 31.6 Å². The van der Waals surface area contributed by atoms with E-state index in [-0.39, 0.29) is 18.0 Å². The number of carbonyl (C=O) groups is 2. The summed E-state index contributed by atoms with van der Waals surface area (Å²) in [5, 5.41) is 23.7. The molecule has 19 heavy (non-hydrogen) atoms. The molecule has 0 aromatic rings. The maximum Gasteiger partial charge on any atom is 0.314 e. The molecule has 0 heterocycles. The van der Waals surface area contributed by atoms with E-state index >= 15 is 0 Å². The molecule has 1 aliphatic carbocycles. The first-order valence-electron chi connectivity index (χ1n) is 6.74. The third kappa shape index (κ3) is 5.06. The van der Waals surface area contributed by atoms with E-state index in [2.05, 4.69) is 17.6 Å². The lowest BCUT2D eigenvalue weighted by atomic mass is 9.67. The molecule has 6 nitrogen and oxygen atoms in total. The maximum atomic E-state index is 11.6. The second-order valence-corrected chi connectivity index (χ2v) is 5.81. The zero-order valence-corrected chi connectivity index (χ0v) is 11.7. The fraction of sp³-hybridized carbons (Fsp3) is 0.846. The van der Waals surface area contributed by atoms with Crippen LogP contribution in [0.25, 0.3) is 0 Å². The summed E-state index contributed by atoms with van der Waals surface area (Å²) in [5.41, 5.74) is -1.19. The summed E-state index contributed by atoms with van der Waals surface area (Å²) in [7, 11) is 0. The van der Waals surface area contributed by atoms with Crippen LogP contribution in [0.15, 0.2) is 0 Å². The molecule has 1 rings (SSSR count). The Morgan fingerprint density at radius 3 is 2.37 bits per heavy atom. The van der Waals surface area contributed by atoms with Crippen LogP contribution in [0.4, 0.5) is 4.79 Å². The minimum Gasteiger partial charge on any atom is -0.481 e. The monoisotopic (exact) mass is 272 g/mol. The van der Waals surface area contributed by atoms with Crippen LogP contribution in [-0.4, -0.2) is 40.9 Å². The Hall–Kier alpha value is -1.30. The van der Waals surface area contributed by atoms with E-state index in [0.29, 0.717) is 6.54 Å². The minimum atomic E-state index is -1.43. The predicted molar refractivity (Wildman–Crippen MR) is 70.9 cm³/mol. The normalized spacial score (nSPS) is 19.9. The minimum absolute atomic E-state index is 0.0791. The number of carboxylic acid groups (broad SMARTS) is 1. The molecule has 1 aliphatic rings. The number of carboxylic acids is 1. The highest BCUT2D eigenvalue weighted by atomic mass is 16.4. The third-order valence-electron chi connectivity index (χ3n) is 3.95. The average Bonchev–Trinajstić information content (AvgIpc) is 2.24. The molecule has 0 aromatic heterocycles. The topological polar surface area (TPSA) is 98.7 Å². The molecular formula is C13H24N2O4. The first-order valence-corrected chi connectivity index (χ1v) is 6.74. The van der Waals surface area contributed by atoms with Gasteiger partial charge in [0.2, 0.25) is 0 Å². The van der Waals surface area contributed by atoms with Gasteiger partial charge < -0.3 is 20.8 Å². The standard InChI is InChI=1S/C13H24N2O4/c1-3-13(5-4-6-13)9-15-11(18)14-8-12(2,19)7-10(16)17/h19H,3-9H2,1-2H3,(H,16,17)(H2,14,15,18). The van der Waals surface area contributed by atoms with Gasteiger partial charge in [0.25, 0.3) is 0 Å². The Morgan fingerprint density at radius 1 is 1.32 bits per heavy atom. The van der Waals surface area contributed by atoms with Gasteiger partial charge in [-0.25, -0.2) is 4.79 Å². The fourth-order valence-corrected chi connectivity index (χ4v) is 2.32. The summed E-state index contributed by atoms with van der Waals surface area (Å²) < 4.78 is 0. The number of hydrogen-bond acceptors (Lipinski definition) is 3. The van der Waals surface area contributed by atoms with Crippen LogP contribution in [0.5, 0.6) is 0 Å². The van der Waals surface area contributed by atoms with E-state index in [9.17, 15) is 14.7 Å². The van der Waals surface area contributed by atoms with Gasteiger partial charge >= 0.3 is 12.0 Å². The van der Waals surface area contributed by atoms with Crippen molar-refractivity contribution in [3.63, 3.8) is 0 Å². The van der Waals surface area contributed by atoms with Crippen LogP contribution >= 0.6 is 0 Å². The highest BCUT2D eigenvalue weighted by molar-refractivity contribution is 5.74. The van der Waals surface area contributed by atoms with Crippen LogP contribution in [0.1, 0.15) is 46.0 Å². The summed E-state index contributed by atoms with van der Waals surface area (Å²) in [6.07, 6.45) is 4.14. The van der Waals surface area contributed by atoms with Crippen LogP contribution in [0.3, 0.4) is 0 Å². The van der Waals surface area contributed by atoms with E-state index in [1.54, 1.807) is 0 Å². The fourth-order valence-electron chi connectivity index (χ4n) is 2.32. The first-order chi connectivity index (χ1) is 8.79. The zero-order valence-electron chi connectivity index (χ0n) is 11.7. The van der Waals surface area contributed by atoms with Gasteiger partial charge in [-0.1, -0.05) is 13.3 Å². The van der Waals surface area contributed by atoms with Gasteiger partial charge in [-0.3, -0.25) is 4.79 Å². The summed E-state index contributed by atoms with van der Waals surface area (Å²) in [5.74, 6) is -1.09. The molecule has 0 saturated heterocycles. The Bertz CT molecular complexity index is 332. The summed E-state index contributed by atoms with van der Waals surface area (Å²) in [6, 6.07) is -0.356. The molecule has 1 fully saturated rings. The molecule has 0 aliphatic heterocycles. The van der Waals surface area contributed by atoms with Crippen molar-refractivity contribution in [2.75, 3.05) is 13.1 Å². The number of amides is 2. The smallest absolute Gasteiger partial charge is 0.314 e. The molecule has 0 radical (unpaired) electrons. The number of aliphatic hydroxyl groups is 1. The molecular weight excluding hydrogens is 248 g/mol. The van der Waals surface area contributed by atoms with Crippen molar-refractivity contribution in [1.82, 2.24) is 10.6 Å². The molecule has 0 spiro atoms. The maximum absolute atomic E-state index is 11.6. The summed E-state index contributed by atoms with van der Waals surface area (Å²) in [4.78, 5) is 22.1. The van der Waals surface area contributed by atoms with Gasteiger partial charge in [-0.15, -0.1) is 0 Å². The molecule has 1 atom stereocenters. The van der Waals surface area contributed by atoms with Gasteiger partial charge in [0.15, 0.2) is 0 Å². The number of rotatable bonds is 7. The third-order valence-corrected chi connectivity index (χ3v) is 3.95. The Balaban J connectivity index is 2.26. The van der Waals surface area contributed by atoms with Crippen molar-refractivity contribution < 1.29 is 19.8 Å². The SMILES string of the molecule is CCC1(CNC(=O)NCC(C)(O)CC(=O)O)CCC1. The van der Waals surface area contributed by atoms with Crippen molar-refractivity contribution in [3.05, 3.63) is 0 Å². The molecule has 4 N–H and O–H groups in total. The highest BCUT2D eigenvalue weighted by Crippen LogP contribution is 2.42. The van der Waals surface area contributed by atoms with Crippen molar-refractivity contribution in [2.24, 2.45) is 5.41 Å². The van der Waals surface area contributed by atoms with E-state index in [4.69, 9.17) is 5.11 Å². The highest BCUT2D eigenvalue weighted by Gasteiger charge is 2.35. The second-order valence-electron chi connectivity index (χ2n) is 5.81. The van der Waals surface area contributed by atoms with Crippen LogP contribution in [-0.2, 0) is 4.79 Å². The lowest BCUT2D eigenvalue weighted by Crippen LogP contribution is -2.49. The first kappa shape index (κ1) is 15.8. The molecule has 2 amide bonds. The van der Waals surface area contributed by atoms with Crippen molar-refractivity contribution >= 4 is 12.0 Å². The lowest BCUT2D eigenvalue weighted by molar-refractivity contribution is -0.141. The lowest BCUT2D eigenvalue weighted by Gasteiger charge is -2.41. The molecule has 0 aromatic carbocycles. The van der Waals surface area contributed by atoms with Crippen molar-refractivity contribution in [3.8, 4) is 0 Å². The Kier molecular flexibility index (Phi) is 5.17. The van der Waals surface area contributed by atoms with Gasteiger partial charge in [0.1, 0.15) is 0 Å². The van der Waals surface area contributed by atoms with Crippen LogP contribution in [0, 0.1) is 5.41 Å². The van der Waals surface area contributed by atoms with E-state index in [0.717, 1.165) is 19.3 Å². The average molecular weight is 272 g/mol. The molecule has 110 valence electrons. The van der Waals surface area contributed by atoms with Gasteiger partial charge in [-0.2, -0.15) is 0 Å². The van der Waals surface area contributed by atoms with Gasteiger partial charge in [0, 0.05) is 13.1 Å².